The Morgan fingerprint density at radius 2 is 1.94 bits per heavy atom. The van der Waals surface area contributed by atoms with Gasteiger partial charge in [-0.3, -0.25) is 0 Å². The van der Waals surface area contributed by atoms with Gasteiger partial charge in [-0.15, -0.1) is 0 Å². The summed E-state index contributed by atoms with van der Waals surface area (Å²) < 4.78 is 31.7. The molecule has 5 heteroatoms. The molecule has 0 spiro atoms. The highest BCUT2D eigenvalue weighted by Gasteiger charge is 2.15. The van der Waals surface area contributed by atoms with Gasteiger partial charge in [-0.25, -0.2) is 8.78 Å². The van der Waals surface area contributed by atoms with Crippen molar-refractivity contribution in [2.24, 2.45) is 0 Å². The van der Waals surface area contributed by atoms with Crippen molar-refractivity contribution in [1.82, 2.24) is 5.32 Å². The van der Waals surface area contributed by atoms with Crippen LogP contribution in [0.3, 0.4) is 0 Å². The van der Waals surface area contributed by atoms with Crippen LogP contribution >= 0.6 is 0 Å². The third-order valence-electron chi connectivity index (χ3n) is 2.72. The molecule has 0 fully saturated rings. The fraction of sp³-hybridized carbons (Fsp3) is 0.538. The SMILES string of the molecule is COCC(O)CCNC(C)c1c(F)cccc1F. The number of ether oxygens (including phenoxy) is 1. The Labute approximate surface area is 106 Å². The number of nitrogens with one attached hydrogen (secondary N) is 1. The summed E-state index contributed by atoms with van der Waals surface area (Å²) >= 11 is 0. The van der Waals surface area contributed by atoms with Gasteiger partial charge in [-0.05, 0) is 32.0 Å². The smallest absolute Gasteiger partial charge is 0.130 e. The fourth-order valence-corrected chi connectivity index (χ4v) is 1.77. The van der Waals surface area contributed by atoms with Crippen LogP contribution in [0.4, 0.5) is 8.78 Å². The van der Waals surface area contributed by atoms with Crippen molar-refractivity contribution in [3.8, 4) is 0 Å². The van der Waals surface area contributed by atoms with Crippen molar-refractivity contribution in [3.63, 3.8) is 0 Å². The van der Waals surface area contributed by atoms with E-state index < -0.39 is 23.8 Å². The molecule has 1 aromatic carbocycles. The summed E-state index contributed by atoms with van der Waals surface area (Å²) in [6.07, 6.45) is -0.103. The van der Waals surface area contributed by atoms with Crippen molar-refractivity contribution in [2.75, 3.05) is 20.3 Å². The molecule has 2 N–H and O–H groups in total. The normalized spacial score (nSPS) is 14.5. The second-order valence-electron chi connectivity index (χ2n) is 4.21. The van der Waals surface area contributed by atoms with Gasteiger partial charge in [0.05, 0.1) is 12.7 Å². The van der Waals surface area contributed by atoms with E-state index in [4.69, 9.17) is 4.74 Å². The molecule has 2 unspecified atom stereocenters. The predicted molar refractivity (Wildman–Crippen MR) is 65.3 cm³/mol. The molecule has 0 aliphatic carbocycles. The summed E-state index contributed by atoms with van der Waals surface area (Å²) in [5, 5.41) is 12.4. The molecule has 0 saturated heterocycles. The number of methoxy groups -OCH3 is 1. The number of hydrogen-bond acceptors (Lipinski definition) is 3. The van der Waals surface area contributed by atoms with Gasteiger partial charge in [0.25, 0.3) is 0 Å². The van der Waals surface area contributed by atoms with E-state index in [-0.39, 0.29) is 12.2 Å². The van der Waals surface area contributed by atoms with Crippen LogP contribution in [-0.2, 0) is 4.74 Å². The van der Waals surface area contributed by atoms with Gasteiger partial charge in [-0.1, -0.05) is 6.07 Å². The number of benzene rings is 1. The summed E-state index contributed by atoms with van der Waals surface area (Å²) in [5.74, 6) is -1.13. The topological polar surface area (TPSA) is 41.5 Å². The first-order chi connectivity index (χ1) is 8.56. The van der Waals surface area contributed by atoms with Crippen molar-refractivity contribution >= 4 is 0 Å². The fourth-order valence-electron chi connectivity index (χ4n) is 1.77. The molecule has 0 aliphatic heterocycles. The zero-order chi connectivity index (χ0) is 13.5. The minimum atomic E-state index is -0.569. The summed E-state index contributed by atoms with van der Waals surface area (Å²) in [7, 11) is 1.51. The summed E-state index contributed by atoms with van der Waals surface area (Å²) in [4.78, 5) is 0. The minimum Gasteiger partial charge on any atom is -0.391 e. The lowest BCUT2D eigenvalue weighted by molar-refractivity contribution is 0.0590. The molecule has 0 bridgehead atoms. The molecule has 3 nitrogen and oxygen atoms in total. The minimum absolute atomic E-state index is 0.0266. The van der Waals surface area contributed by atoms with E-state index in [9.17, 15) is 13.9 Å². The van der Waals surface area contributed by atoms with Gasteiger partial charge in [0.15, 0.2) is 0 Å². The van der Waals surface area contributed by atoms with E-state index in [0.717, 1.165) is 0 Å². The maximum Gasteiger partial charge on any atom is 0.130 e. The lowest BCUT2D eigenvalue weighted by atomic mass is 10.1. The summed E-state index contributed by atoms with van der Waals surface area (Å²) in [6, 6.07) is 3.36. The van der Waals surface area contributed by atoms with Crippen molar-refractivity contribution in [1.29, 1.82) is 0 Å². The van der Waals surface area contributed by atoms with Crippen LogP contribution in [-0.4, -0.2) is 31.5 Å². The second-order valence-corrected chi connectivity index (χ2v) is 4.21. The molecule has 2 atom stereocenters. The van der Waals surface area contributed by atoms with Crippen LogP contribution in [0.2, 0.25) is 0 Å². The van der Waals surface area contributed by atoms with Crippen LogP contribution in [0.15, 0.2) is 18.2 Å². The van der Waals surface area contributed by atoms with Crippen molar-refractivity contribution in [3.05, 3.63) is 35.4 Å². The number of aliphatic hydroxyl groups is 1. The van der Waals surface area contributed by atoms with Gasteiger partial charge < -0.3 is 15.2 Å². The van der Waals surface area contributed by atoms with Gasteiger partial charge in [-0.2, -0.15) is 0 Å². The zero-order valence-electron chi connectivity index (χ0n) is 10.6. The molecule has 0 radical (unpaired) electrons. The molecule has 0 heterocycles. The first-order valence-corrected chi connectivity index (χ1v) is 5.90. The predicted octanol–water partition coefficient (Wildman–Crippen LogP) is 2.01. The average Bonchev–Trinajstić information content (AvgIpc) is 2.29. The lowest BCUT2D eigenvalue weighted by Crippen LogP contribution is -2.26. The highest BCUT2D eigenvalue weighted by Crippen LogP contribution is 2.20. The third kappa shape index (κ3) is 4.33. The Kier molecular flexibility index (Phi) is 6.18. The molecular formula is C13H19F2NO2. The molecule has 102 valence electrons. The number of rotatable bonds is 7. The van der Waals surface area contributed by atoms with Gasteiger partial charge in [0.1, 0.15) is 11.6 Å². The molecule has 0 saturated carbocycles. The van der Waals surface area contributed by atoms with Gasteiger partial charge >= 0.3 is 0 Å². The van der Waals surface area contributed by atoms with E-state index in [0.29, 0.717) is 13.0 Å². The zero-order valence-corrected chi connectivity index (χ0v) is 10.6. The first-order valence-electron chi connectivity index (χ1n) is 5.90. The van der Waals surface area contributed by atoms with Crippen molar-refractivity contribution < 1.29 is 18.6 Å². The Bertz CT molecular complexity index is 354. The van der Waals surface area contributed by atoms with E-state index in [1.54, 1.807) is 6.92 Å². The number of hydrogen-bond donors (Lipinski definition) is 2. The Morgan fingerprint density at radius 3 is 2.50 bits per heavy atom. The average molecular weight is 259 g/mol. The highest BCUT2D eigenvalue weighted by molar-refractivity contribution is 5.22. The van der Waals surface area contributed by atoms with Crippen LogP contribution in [0.5, 0.6) is 0 Å². The molecule has 1 rings (SSSR count). The Balaban J connectivity index is 2.48. The first kappa shape index (κ1) is 15.0. The maximum atomic E-state index is 13.5. The molecule has 0 aliphatic rings. The Morgan fingerprint density at radius 1 is 1.33 bits per heavy atom. The summed E-state index contributed by atoms with van der Waals surface area (Å²) in [6.45, 7) is 2.40. The molecule has 18 heavy (non-hydrogen) atoms. The van der Waals surface area contributed by atoms with E-state index in [1.807, 2.05) is 0 Å². The van der Waals surface area contributed by atoms with Gasteiger partial charge in [0, 0.05) is 18.7 Å². The van der Waals surface area contributed by atoms with Gasteiger partial charge in [0.2, 0.25) is 0 Å². The van der Waals surface area contributed by atoms with Crippen molar-refractivity contribution in [2.45, 2.75) is 25.5 Å². The molecule has 0 aromatic heterocycles. The lowest BCUT2D eigenvalue weighted by Gasteiger charge is -2.17. The molecular weight excluding hydrogens is 240 g/mol. The van der Waals surface area contributed by atoms with E-state index in [1.165, 1.54) is 25.3 Å². The summed E-state index contributed by atoms with van der Waals surface area (Å²) in [5.41, 5.74) is 0.0266. The maximum absolute atomic E-state index is 13.5. The molecule has 1 aromatic rings. The molecule has 0 amide bonds. The monoisotopic (exact) mass is 259 g/mol. The van der Waals surface area contributed by atoms with Crippen LogP contribution < -0.4 is 5.32 Å². The third-order valence-corrected chi connectivity index (χ3v) is 2.72. The second kappa shape index (κ2) is 7.41. The van der Waals surface area contributed by atoms with Crippen LogP contribution in [0.1, 0.15) is 24.9 Å². The van der Waals surface area contributed by atoms with Crippen LogP contribution in [0.25, 0.3) is 0 Å². The van der Waals surface area contributed by atoms with Crippen LogP contribution in [0, 0.1) is 11.6 Å². The highest BCUT2D eigenvalue weighted by atomic mass is 19.1. The Hall–Kier alpha value is -1.04. The number of aliphatic hydroxyl groups excluding tert-OH is 1. The van der Waals surface area contributed by atoms with E-state index >= 15 is 0 Å². The standard InChI is InChI=1S/C13H19F2NO2/c1-9(16-7-6-10(17)8-18-2)13-11(14)4-3-5-12(13)15/h3-5,9-10,16-17H,6-8H2,1-2H3. The van der Waals surface area contributed by atoms with E-state index in [2.05, 4.69) is 5.32 Å². The number of halogens is 2. The largest absolute Gasteiger partial charge is 0.391 e. The quantitative estimate of drug-likeness (QED) is 0.787.